The molecule has 13 heavy (non-hydrogen) atoms. The molecular weight excluding hydrogens is 168 g/mol. The minimum Gasteiger partial charge on any atom is -0.351 e. The summed E-state index contributed by atoms with van der Waals surface area (Å²) in [6.45, 7) is 5.97. The summed E-state index contributed by atoms with van der Waals surface area (Å²) in [7, 11) is 0. The number of amides is 1. The minimum atomic E-state index is -0.0564. The maximum Gasteiger partial charge on any atom is 0.217 e. The lowest BCUT2D eigenvalue weighted by atomic mass is 10.4. The van der Waals surface area contributed by atoms with Gasteiger partial charge in [0.05, 0.1) is 12.7 Å². The largest absolute Gasteiger partial charge is 0.351 e. The van der Waals surface area contributed by atoms with Gasteiger partial charge >= 0.3 is 0 Å². The van der Waals surface area contributed by atoms with Crippen LogP contribution >= 0.6 is 0 Å². The fourth-order valence-electron chi connectivity index (χ4n) is 0.862. The van der Waals surface area contributed by atoms with Crippen molar-refractivity contribution in [3.05, 3.63) is 11.9 Å². The van der Waals surface area contributed by atoms with Crippen molar-refractivity contribution in [3.63, 3.8) is 0 Å². The first-order valence-corrected chi connectivity index (χ1v) is 4.24. The summed E-state index contributed by atoms with van der Waals surface area (Å²) in [4.78, 5) is 10.6. The van der Waals surface area contributed by atoms with Crippen LogP contribution in [0.5, 0.6) is 0 Å². The summed E-state index contributed by atoms with van der Waals surface area (Å²) in [5.41, 5.74) is 0.781. The molecule has 1 aromatic heterocycles. The molecule has 1 amide bonds. The molecule has 0 atom stereocenters. The van der Waals surface area contributed by atoms with E-state index in [9.17, 15) is 4.79 Å². The van der Waals surface area contributed by atoms with E-state index in [-0.39, 0.29) is 5.91 Å². The fraction of sp³-hybridized carbons (Fsp3) is 0.625. The molecule has 1 heterocycles. The second kappa shape index (κ2) is 4.02. The number of carbonyl (C=O) groups excluding carboxylic acids is 1. The summed E-state index contributed by atoms with van der Waals surface area (Å²) in [5, 5.41) is 10.5. The number of nitrogens with zero attached hydrogens (tertiary/aromatic N) is 3. The standard InChI is InChI=1S/C8H14N4O/c1-6(2)12-5-8(10-11-12)4-9-7(3)13/h5-6H,4H2,1-3H3,(H,9,13). The Balaban J connectivity index is 2.54. The summed E-state index contributed by atoms with van der Waals surface area (Å²) >= 11 is 0. The lowest BCUT2D eigenvalue weighted by molar-refractivity contribution is -0.119. The first-order valence-electron chi connectivity index (χ1n) is 4.24. The molecule has 1 rings (SSSR count). The Labute approximate surface area is 77.1 Å². The Morgan fingerprint density at radius 3 is 2.85 bits per heavy atom. The van der Waals surface area contributed by atoms with Crippen LogP contribution in [-0.2, 0) is 11.3 Å². The van der Waals surface area contributed by atoms with Crippen LogP contribution in [0, 0.1) is 0 Å². The van der Waals surface area contributed by atoms with Crippen LogP contribution in [-0.4, -0.2) is 20.9 Å². The van der Waals surface area contributed by atoms with Crippen molar-refractivity contribution in [1.29, 1.82) is 0 Å². The van der Waals surface area contributed by atoms with Crippen molar-refractivity contribution in [2.24, 2.45) is 0 Å². The van der Waals surface area contributed by atoms with Crippen LogP contribution in [0.2, 0.25) is 0 Å². The van der Waals surface area contributed by atoms with Crippen molar-refractivity contribution in [2.75, 3.05) is 0 Å². The second-order valence-corrected chi connectivity index (χ2v) is 3.19. The third kappa shape index (κ3) is 2.85. The van der Waals surface area contributed by atoms with E-state index in [2.05, 4.69) is 15.6 Å². The zero-order valence-electron chi connectivity index (χ0n) is 8.11. The van der Waals surface area contributed by atoms with Crippen LogP contribution in [0.25, 0.3) is 0 Å². The topological polar surface area (TPSA) is 59.8 Å². The Morgan fingerprint density at radius 1 is 1.69 bits per heavy atom. The number of carbonyl (C=O) groups is 1. The van der Waals surface area contributed by atoms with E-state index in [0.29, 0.717) is 12.6 Å². The highest BCUT2D eigenvalue weighted by molar-refractivity contribution is 5.72. The summed E-state index contributed by atoms with van der Waals surface area (Å²) in [6.07, 6.45) is 1.83. The van der Waals surface area contributed by atoms with Gasteiger partial charge < -0.3 is 5.32 Å². The van der Waals surface area contributed by atoms with Gasteiger partial charge in [-0.2, -0.15) is 0 Å². The molecule has 0 bridgehead atoms. The maximum absolute atomic E-state index is 10.6. The quantitative estimate of drug-likeness (QED) is 0.740. The van der Waals surface area contributed by atoms with Crippen LogP contribution in [0.15, 0.2) is 6.20 Å². The average molecular weight is 182 g/mol. The fourth-order valence-corrected chi connectivity index (χ4v) is 0.862. The van der Waals surface area contributed by atoms with Crippen molar-refractivity contribution in [3.8, 4) is 0 Å². The van der Waals surface area contributed by atoms with Crippen LogP contribution in [0.1, 0.15) is 32.5 Å². The molecule has 0 saturated carbocycles. The molecule has 1 N–H and O–H groups in total. The molecule has 0 aliphatic heterocycles. The molecule has 72 valence electrons. The van der Waals surface area contributed by atoms with Gasteiger partial charge in [0.25, 0.3) is 0 Å². The van der Waals surface area contributed by atoms with Gasteiger partial charge in [0.2, 0.25) is 5.91 Å². The number of nitrogens with one attached hydrogen (secondary N) is 1. The highest BCUT2D eigenvalue weighted by Crippen LogP contribution is 2.01. The van der Waals surface area contributed by atoms with E-state index in [1.807, 2.05) is 20.0 Å². The van der Waals surface area contributed by atoms with Gasteiger partial charge in [-0.1, -0.05) is 5.21 Å². The monoisotopic (exact) mass is 182 g/mol. The Kier molecular flexibility index (Phi) is 3.00. The third-order valence-corrected chi connectivity index (χ3v) is 1.61. The van der Waals surface area contributed by atoms with E-state index in [1.165, 1.54) is 6.92 Å². The van der Waals surface area contributed by atoms with Gasteiger partial charge in [0, 0.05) is 13.0 Å². The molecule has 0 unspecified atom stereocenters. The average Bonchev–Trinajstić information content (AvgIpc) is 2.48. The molecule has 0 saturated heterocycles. The zero-order valence-corrected chi connectivity index (χ0v) is 8.11. The SMILES string of the molecule is CC(=O)NCc1cn(C(C)C)nn1. The number of rotatable bonds is 3. The highest BCUT2D eigenvalue weighted by atomic mass is 16.1. The first-order chi connectivity index (χ1) is 6.09. The number of hydrogen-bond donors (Lipinski definition) is 1. The van der Waals surface area contributed by atoms with E-state index in [0.717, 1.165) is 5.69 Å². The predicted octanol–water partition coefficient (Wildman–Crippen LogP) is 0.495. The van der Waals surface area contributed by atoms with Gasteiger partial charge in [-0.15, -0.1) is 5.10 Å². The smallest absolute Gasteiger partial charge is 0.217 e. The molecule has 0 fully saturated rings. The normalized spacial score (nSPS) is 10.5. The van der Waals surface area contributed by atoms with Gasteiger partial charge in [0.15, 0.2) is 0 Å². The van der Waals surface area contributed by atoms with Crippen molar-refractivity contribution < 1.29 is 4.79 Å². The van der Waals surface area contributed by atoms with Crippen molar-refractivity contribution in [2.45, 2.75) is 33.4 Å². The van der Waals surface area contributed by atoms with Gasteiger partial charge in [-0.05, 0) is 13.8 Å². The van der Waals surface area contributed by atoms with Crippen LogP contribution < -0.4 is 5.32 Å². The molecule has 0 spiro atoms. The first kappa shape index (κ1) is 9.70. The molecule has 0 aliphatic rings. The molecule has 0 aromatic carbocycles. The predicted molar refractivity (Wildman–Crippen MR) is 47.9 cm³/mol. The second-order valence-electron chi connectivity index (χ2n) is 3.19. The molecule has 5 heteroatoms. The van der Waals surface area contributed by atoms with Crippen molar-refractivity contribution in [1.82, 2.24) is 20.3 Å². The Bertz CT molecular complexity index is 292. The van der Waals surface area contributed by atoms with Crippen LogP contribution in [0.4, 0.5) is 0 Å². The molecule has 1 aromatic rings. The summed E-state index contributed by atoms with van der Waals surface area (Å²) in [5.74, 6) is -0.0564. The lowest BCUT2D eigenvalue weighted by Crippen LogP contribution is -2.19. The molecule has 0 radical (unpaired) electrons. The molecule has 5 nitrogen and oxygen atoms in total. The zero-order chi connectivity index (χ0) is 9.84. The van der Waals surface area contributed by atoms with E-state index >= 15 is 0 Å². The van der Waals surface area contributed by atoms with Crippen molar-refractivity contribution >= 4 is 5.91 Å². The summed E-state index contributed by atoms with van der Waals surface area (Å²) < 4.78 is 1.76. The van der Waals surface area contributed by atoms with E-state index in [1.54, 1.807) is 4.68 Å². The maximum atomic E-state index is 10.6. The third-order valence-electron chi connectivity index (χ3n) is 1.61. The number of aromatic nitrogens is 3. The minimum absolute atomic E-state index is 0.0564. The van der Waals surface area contributed by atoms with Gasteiger partial charge in [0.1, 0.15) is 5.69 Å². The van der Waals surface area contributed by atoms with Gasteiger partial charge in [-0.3, -0.25) is 4.79 Å². The molecular formula is C8H14N4O. The van der Waals surface area contributed by atoms with E-state index < -0.39 is 0 Å². The molecule has 0 aliphatic carbocycles. The Hall–Kier alpha value is -1.39. The Morgan fingerprint density at radius 2 is 2.38 bits per heavy atom. The lowest BCUT2D eigenvalue weighted by Gasteiger charge is -2.01. The highest BCUT2D eigenvalue weighted by Gasteiger charge is 2.03. The summed E-state index contributed by atoms with van der Waals surface area (Å²) in [6, 6.07) is 0.304. The van der Waals surface area contributed by atoms with Gasteiger partial charge in [-0.25, -0.2) is 4.68 Å². The number of hydrogen-bond acceptors (Lipinski definition) is 3. The van der Waals surface area contributed by atoms with E-state index in [4.69, 9.17) is 0 Å². The van der Waals surface area contributed by atoms with Crippen LogP contribution in [0.3, 0.4) is 0 Å².